The molecule has 3 nitrogen and oxygen atoms in total. The van der Waals surface area contributed by atoms with E-state index in [0.717, 1.165) is 24.3 Å². The van der Waals surface area contributed by atoms with Crippen LogP contribution in [0.15, 0.2) is 24.3 Å². The van der Waals surface area contributed by atoms with E-state index in [9.17, 15) is 18.0 Å². The van der Waals surface area contributed by atoms with Gasteiger partial charge in [0, 0.05) is 5.56 Å². The maximum Gasteiger partial charge on any atom is 0.416 e. The van der Waals surface area contributed by atoms with Crippen LogP contribution in [-0.2, 0) is 11.0 Å². The Bertz CT molecular complexity index is 345. The Labute approximate surface area is 83.8 Å². The van der Waals surface area contributed by atoms with Crippen LogP contribution in [0.4, 0.5) is 13.2 Å². The Balaban J connectivity index is 2.86. The number of hydrogen-bond acceptors (Lipinski definition) is 2. The van der Waals surface area contributed by atoms with Crippen LogP contribution < -0.4 is 5.48 Å². The maximum atomic E-state index is 12.1. The number of carbonyl (C=O) groups excluding carboxylic acids is 1. The summed E-state index contributed by atoms with van der Waals surface area (Å²) in [6.45, 7) is 0. The van der Waals surface area contributed by atoms with E-state index >= 15 is 0 Å². The average molecular weight is 219 g/mol. The molecule has 0 saturated heterocycles. The molecule has 0 aliphatic heterocycles. The predicted octanol–water partition coefficient (Wildman–Crippen LogP) is 2.00. The largest absolute Gasteiger partial charge is 0.416 e. The lowest BCUT2D eigenvalue weighted by Crippen LogP contribution is -2.21. The highest BCUT2D eigenvalue weighted by Crippen LogP contribution is 2.28. The summed E-state index contributed by atoms with van der Waals surface area (Å²) in [4.78, 5) is 15.4. The molecular formula is C9H8F3NO2. The number of carbonyl (C=O) groups is 1. The number of nitrogens with one attached hydrogen (secondary N) is 1. The highest BCUT2D eigenvalue weighted by atomic mass is 19.4. The number of amides is 1. The summed E-state index contributed by atoms with van der Waals surface area (Å²) < 4.78 is 36.4. The first-order chi connectivity index (χ1) is 6.95. The Morgan fingerprint density at radius 3 is 2.20 bits per heavy atom. The predicted molar refractivity (Wildman–Crippen MR) is 45.9 cm³/mol. The highest BCUT2D eigenvalue weighted by Gasteiger charge is 2.30. The molecule has 82 valence electrons. The van der Waals surface area contributed by atoms with Crippen LogP contribution in [-0.4, -0.2) is 13.0 Å². The first kappa shape index (κ1) is 11.5. The van der Waals surface area contributed by atoms with E-state index in [-0.39, 0.29) is 5.56 Å². The molecule has 0 aliphatic rings. The van der Waals surface area contributed by atoms with Gasteiger partial charge in [0.2, 0.25) is 0 Å². The minimum Gasteiger partial charge on any atom is -0.277 e. The SMILES string of the molecule is CONC(=O)c1ccc(C(F)(F)F)cc1. The number of hydrogen-bond donors (Lipinski definition) is 1. The summed E-state index contributed by atoms with van der Waals surface area (Å²) in [6.07, 6.45) is -4.39. The lowest BCUT2D eigenvalue weighted by Gasteiger charge is -2.07. The third kappa shape index (κ3) is 2.95. The van der Waals surface area contributed by atoms with Gasteiger partial charge >= 0.3 is 6.18 Å². The summed E-state index contributed by atoms with van der Waals surface area (Å²) in [5, 5.41) is 0. The van der Waals surface area contributed by atoms with E-state index in [1.54, 1.807) is 0 Å². The van der Waals surface area contributed by atoms with Crippen molar-refractivity contribution in [2.45, 2.75) is 6.18 Å². The van der Waals surface area contributed by atoms with E-state index in [1.807, 2.05) is 5.48 Å². The molecule has 1 N–H and O–H groups in total. The Kier molecular flexibility index (Phi) is 3.31. The van der Waals surface area contributed by atoms with Gasteiger partial charge in [-0.3, -0.25) is 9.63 Å². The minimum atomic E-state index is -4.39. The second kappa shape index (κ2) is 4.31. The third-order valence-corrected chi connectivity index (χ3v) is 1.67. The fourth-order valence-electron chi connectivity index (χ4n) is 0.962. The zero-order chi connectivity index (χ0) is 11.5. The normalized spacial score (nSPS) is 11.2. The van der Waals surface area contributed by atoms with Crippen LogP contribution in [0.1, 0.15) is 15.9 Å². The molecule has 0 bridgehead atoms. The van der Waals surface area contributed by atoms with Crippen molar-refractivity contribution in [2.24, 2.45) is 0 Å². The number of benzene rings is 1. The second-order valence-corrected chi connectivity index (χ2v) is 2.71. The van der Waals surface area contributed by atoms with E-state index in [4.69, 9.17) is 0 Å². The van der Waals surface area contributed by atoms with Crippen LogP contribution in [0.2, 0.25) is 0 Å². The van der Waals surface area contributed by atoms with Crippen molar-refractivity contribution >= 4 is 5.91 Å². The molecule has 0 saturated carbocycles. The van der Waals surface area contributed by atoms with Gasteiger partial charge in [-0.05, 0) is 24.3 Å². The molecule has 0 unspecified atom stereocenters. The monoisotopic (exact) mass is 219 g/mol. The van der Waals surface area contributed by atoms with Gasteiger partial charge in [-0.25, -0.2) is 5.48 Å². The zero-order valence-corrected chi connectivity index (χ0v) is 7.76. The lowest BCUT2D eigenvalue weighted by molar-refractivity contribution is -0.137. The first-order valence-electron chi connectivity index (χ1n) is 3.95. The molecule has 1 aromatic carbocycles. The smallest absolute Gasteiger partial charge is 0.277 e. The molecule has 0 aromatic heterocycles. The summed E-state index contributed by atoms with van der Waals surface area (Å²) in [6, 6.07) is 3.84. The number of hydroxylamine groups is 1. The van der Waals surface area contributed by atoms with Crippen molar-refractivity contribution in [3.8, 4) is 0 Å². The highest BCUT2D eigenvalue weighted by molar-refractivity contribution is 5.93. The van der Waals surface area contributed by atoms with Crippen LogP contribution in [0.25, 0.3) is 0 Å². The zero-order valence-electron chi connectivity index (χ0n) is 7.76. The van der Waals surface area contributed by atoms with Gasteiger partial charge in [-0.15, -0.1) is 0 Å². The fourth-order valence-corrected chi connectivity index (χ4v) is 0.962. The first-order valence-corrected chi connectivity index (χ1v) is 3.95. The standard InChI is InChI=1S/C9H8F3NO2/c1-15-13-8(14)6-2-4-7(5-3-6)9(10,11)12/h2-5H,1H3,(H,13,14). The maximum absolute atomic E-state index is 12.1. The van der Waals surface area contributed by atoms with E-state index in [1.165, 1.54) is 7.11 Å². The van der Waals surface area contributed by atoms with Gasteiger partial charge in [-0.2, -0.15) is 13.2 Å². The van der Waals surface area contributed by atoms with Crippen LogP contribution in [0.5, 0.6) is 0 Å². The fraction of sp³-hybridized carbons (Fsp3) is 0.222. The Hall–Kier alpha value is -1.56. The lowest BCUT2D eigenvalue weighted by atomic mass is 10.1. The van der Waals surface area contributed by atoms with Crippen molar-refractivity contribution in [3.63, 3.8) is 0 Å². The molecule has 0 heterocycles. The molecule has 0 radical (unpaired) electrons. The van der Waals surface area contributed by atoms with Gasteiger partial charge in [0.15, 0.2) is 0 Å². The molecule has 0 fully saturated rings. The van der Waals surface area contributed by atoms with Gasteiger partial charge in [0.25, 0.3) is 5.91 Å². The summed E-state index contributed by atoms with van der Waals surface area (Å²) in [5.41, 5.74) is 1.31. The van der Waals surface area contributed by atoms with Gasteiger partial charge < -0.3 is 0 Å². The third-order valence-electron chi connectivity index (χ3n) is 1.67. The Morgan fingerprint density at radius 1 is 1.27 bits per heavy atom. The van der Waals surface area contributed by atoms with Gasteiger partial charge in [0.05, 0.1) is 12.7 Å². The molecule has 0 spiro atoms. The molecule has 0 aliphatic carbocycles. The van der Waals surface area contributed by atoms with Crippen molar-refractivity contribution < 1.29 is 22.8 Å². The van der Waals surface area contributed by atoms with Crippen LogP contribution >= 0.6 is 0 Å². The molecule has 15 heavy (non-hydrogen) atoms. The van der Waals surface area contributed by atoms with E-state index in [2.05, 4.69) is 4.84 Å². The Morgan fingerprint density at radius 2 is 1.80 bits per heavy atom. The van der Waals surface area contributed by atoms with Crippen LogP contribution in [0, 0.1) is 0 Å². The molecule has 1 rings (SSSR count). The minimum absolute atomic E-state index is 0.102. The number of rotatable bonds is 2. The molecule has 0 atom stereocenters. The summed E-state index contributed by atoms with van der Waals surface area (Å²) in [5.74, 6) is -0.591. The van der Waals surface area contributed by atoms with E-state index < -0.39 is 17.6 Å². The van der Waals surface area contributed by atoms with Crippen molar-refractivity contribution in [1.29, 1.82) is 0 Å². The van der Waals surface area contributed by atoms with Gasteiger partial charge in [-0.1, -0.05) is 0 Å². The molecule has 6 heteroatoms. The number of halogens is 3. The van der Waals surface area contributed by atoms with Crippen LogP contribution in [0.3, 0.4) is 0 Å². The molecular weight excluding hydrogens is 211 g/mol. The topological polar surface area (TPSA) is 38.3 Å². The van der Waals surface area contributed by atoms with Crippen molar-refractivity contribution in [3.05, 3.63) is 35.4 Å². The number of alkyl halides is 3. The van der Waals surface area contributed by atoms with Crippen molar-refractivity contribution in [2.75, 3.05) is 7.11 Å². The van der Waals surface area contributed by atoms with Crippen molar-refractivity contribution in [1.82, 2.24) is 5.48 Å². The second-order valence-electron chi connectivity index (χ2n) is 2.71. The summed E-state index contributed by atoms with van der Waals surface area (Å²) in [7, 11) is 1.24. The summed E-state index contributed by atoms with van der Waals surface area (Å²) >= 11 is 0. The van der Waals surface area contributed by atoms with E-state index in [0.29, 0.717) is 0 Å². The molecule has 1 amide bonds. The molecule has 1 aromatic rings. The average Bonchev–Trinajstić information content (AvgIpc) is 2.17. The van der Waals surface area contributed by atoms with Gasteiger partial charge in [0.1, 0.15) is 0 Å². The quantitative estimate of drug-likeness (QED) is 0.772.